The van der Waals surface area contributed by atoms with Crippen molar-refractivity contribution in [2.75, 3.05) is 6.54 Å². The predicted molar refractivity (Wildman–Crippen MR) is 83.3 cm³/mol. The van der Waals surface area contributed by atoms with E-state index in [1.165, 1.54) is 13.8 Å². The van der Waals surface area contributed by atoms with Gasteiger partial charge in [0.25, 0.3) is 11.6 Å². The van der Waals surface area contributed by atoms with E-state index in [9.17, 15) is 32.9 Å². The van der Waals surface area contributed by atoms with Gasteiger partial charge in [-0.25, -0.2) is 0 Å². The van der Waals surface area contributed by atoms with Gasteiger partial charge in [0.2, 0.25) is 5.91 Å². The van der Waals surface area contributed by atoms with Crippen molar-refractivity contribution in [1.82, 2.24) is 10.6 Å². The van der Waals surface area contributed by atoms with E-state index >= 15 is 0 Å². The second kappa shape index (κ2) is 8.15. The first-order chi connectivity index (χ1) is 11.4. The number of carbonyl (C=O) groups excluding carboxylic acids is 2. The third-order valence-electron chi connectivity index (χ3n) is 3.11. The molecule has 25 heavy (non-hydrogen) atoms. The van der Waals surface area contributed by atoms with Crippen LogP contribution in [0.2, 0.25) is 5.02 Å². The molecular weight excluding hydrogens is 367 g/mol. The van der Waals surface area contributed by atoms with E-state index in [4.69, 9.17) is 11.6 Å². The number of nitro groups is 1. The highest BCUT2D eigenvalue weighted by atomic mass is 35.5. The minimum Gasteiger partial charge on any atom is -0.345 e. The van der Waals surface area contributed by atoms with Gasteiger partial charge in [0.15, 0.2) is 0 Å². The minimum atomic E-state index is -4.58. The number of non-ortho nitro benzene ring substituents is 1. The average Bonchev–Trinajstić information content (AvgIpc) is 2.48. The lowest BCUT2D eigenvalue weighted by Crippen LogP contribution is -2.51. The molecule has 0 spiro atoms. The molecule has 7 nitrogen and oxygen atoms in total. The highest BCUT2D eigenvalue weighted by Gasteiger charge is 2.31. The van der Waals surface area contributed by atoms with Gasteiger partial charge in [-0.1, -0.05) is 25.4 Å². The molecule has 2 amide bonds. The van der Waals surface area contributed by atoms with E-state index in [0.717, 1.165) is 18.2 Å². The van der Waals surface area contributed by atoms with Gasteiger partial charge in [0.1, 0.15) is 12.6 Å². The van der Waals surface area contributed by atoms with Crippen LogP contribution in [-0.4, -0.2) is 35.5 Å². The summed E-state index contributed by atoms with van der Waals surface area (Å²) >= 11 is 5.82. The van der Waals surface area contributed by atoms with Gasteiger partial charge in [-0.3, -0.25) is 19.7 Å². The summed E-state index contributed by atoms with van der Waals surface area (Å²) in [6, 6.07) is 1.88. The molecule has 0 aliphatic heterocycles. The smallest absolute Gasteiger partial charge is 0.345 e. The fraction of sp³-hybridized carbons (Fsp3) is 0.429. The summed E-state index contributed by atoms with van der Waals surface area (Å²) in [5.74, 6) is -2.34. The van der Waals surface area contributed by atoms with Crippen molar-refractivity contribution in [2.24, 2.45) is 5.92 Å². The topological polar surface area (TPSA) is 101 Å². The molecule has 0 heterocycles. The number of nitrogens with one attached hydrogen (secondary N) is 2. The summed E-state index contributed by atoms with van der Waals surface area (Å²) in [5, 5.41) is 14.4. The second-order valence-corrected chi connectivity index (χ2v) is 5.86. The molecular formula is C14H15ClF3N3O4. The molecule has 0 saturated carbocycles. The first-order valence-electron chi connectivity index (χ1n) is 7.01. The zero-order valence-electron chi connectivity index (χ0n) is 13.2. The Morgan fingerprint density at radius 3 is 2.36 bits per heavy atom. The number of hydrogen-bond acceptors (Lipinski definition) is 4. The second-order valence-electron chi connectivity index (χ2n) is 5.45. The fourth-order valence-corrected chi connectivity index (χ4v) is 2.11. The van der Waals surface area contributed by atoms with Crippen LogP contribution in [0.25, 0.3) is 0 Å². The fourth-order valence-electron chi connectivity index (χ4n) is 1.85. The number of carbonyl (C=O) groups is 2. The monoisotopic (exact) mass is 381 g/mol. The number of hydrogen-bond donors (Lipinski definition) is 2. The maximum Gasteiger partial charge on any atom is 0.405 e. The van der Waals surface area contributed by atoms with Crippen LogP contribution >= 0.6 is 11.6 Å². The van der Waals surface area contributed by atoms with E-state index in [0.29, 0.717) is 0 Å². The normalized spacial score (nSPS) is 12.6. The zero-order valence-corrected chi connectivity index (χ0v) is 13.9. The number of amides is 2. The number of halogens is 4. The molecule has 1 rings (SSSR count). The molecule has 0 aliphatic rings. The summed E-state index contributed by atoms with van der Waals surface area (Å²) in [7, 11) is 0. The molecule has 1 aromatic carbocycles. The van der Waals surface area contributed by atoms with E-state index in [-0.39, 0.29) is 16.3 Å². The molecule has 1 atom stereocenters. The molecule has 0 radical (unpaired) electrons. The van der Waals surface area contributed by atoms with Gasteiger partial charge >= 0.3 is 6.18 Å². The molecule has 2 N–H and O–H groups in total. The molecule has 0 saturated heterocycles. The molecule has 0 bridgehead atoms. The Bertz CT molecular complexity index is 680. The third kappa shape index (κ3) is 6.22. The number of alkyl halides is 3. The van der Waals surface area contributed by atoms with Gasteiger partial charge in [-0.2, -0.15) is 13.2 Å². The summed E-state index contributed by atoms with van der Waals surface area (Å²) in [6.07, 6.45) is -4.58. The van der Waals surface area contributed by atoms with Gasteiger partial charge in [0, 0.05) is 12.1 Å². The van der Waals surface area contributed by atoms with Crippen molar-refractivity contribution in [2.45, 2.75) is 26.1 Å². The van der Waals surface area contributed by atoms with Gasteiger partial charge < -0.3 is 10.6 Å². The average molecular weight is 382 g/mol. The van der Waals surface area contributed by atoms with Crippen molar-refractivity contribution in [3.63, 3.8) is 0 Å². The number of benzene rings is 1. The molecule has 0 aromatic heterocycles. The predicted octanol–water partition coefficient (Wildman–Crippen LogP) is 2.68. The Morgan fingerprint density at radius 2 is 1.92 bits per heavy atom. The lowest BCUT2D eigenvalue weighted by atomic mass is 10.0. The molecule has 1 aromatic rings. The Balaban J connectivity index is 2.90. The standard InChI is InChI=1S/C14H15ClF3N3O4/c1-7(2)11(13(23)19-6-14(16,17)18)20-12(22)9-4-3-8(21(24)25)5-10(9)15/h3-5,7,11H,6H2,1-2H3,(H,19,23)(H,20,22)/t11-/m1/s1. The van der Waals surface area contributed by atoms with Crippen LogP contribution in [-0.2, 0) is 4.79 Å². The van der Waals surface area contributed by atoms with Crippen LogP contribution in [0.1, 0.15) is 24.2 Å². The largest absolute Gasteiger partial charge is 0.405 e. The van der Waals surface area contributed by atoms with Crippen LogP contribution < -0.4 is 10.6 Å². The van der Waals surface area contributed by atoms with E-state index in [1.807, 2.05) is 0 Å². The molecule has 0 aliphatic carbocycles. The third-order valence-corrected chi connectivity index (χ3v) is 3.42. The van der Waals surface area contributed by atoms with Crippen molar-refractivity contribution in [3.05, 3.63) is 38.9 Å². The lowest BCUT2D eigenvalue weighted by molar-refractivity contribution is -0.384. The molecule has 0 unspecified atom stereocenters. The summed E-state index contributed by atoms with van der Waals surface area (Å²) in [4.78, 5) is 34.0. The van der Waals surface area contributed by atoms with Crippen molar-refractivity contribution in [1.29, 1.82) is 0 Å². The van der Waals surface area contributed by atoms with Gasteiger partial charge in [0.05, 0.1) is 15.5 Å². The Labute approximate surface area is 145 Å². The SMILES string of the molecule is CC(C)[C@@H](NC(=O)c1ccc([N+](=O)[O-])cc1Cl)C(=O)NCC(F)(F)F. The quantitative estimate of drug-likeness (QED) is 0.584. The molecule has 11 heteroatoms. The van der Waals surface area contributed by atoms with E-state index < -0.39 is 41.4 Å². The Morgan fingerprint density at radius 1 is 1.32 bits per heavy atom. The van der Waals surface area contributed by atoms with Crippen LogP contribution in [0.3, 0.4) is 0 Å². The van der Waals surface area contributed by atoms with E-state index in [1.54, 1.807) is 5.32 Å². The lowest BCUT2D eigenvalue weighted by Gasteiger charge is -2.22. The molecule has 0 fully saturated rings. The minimum absolute atomic E-state index is 0.137. The Hall–Kier alpha value is -2.36. The maximum atomic E-state index is 12.2. The number of nitrogens with zero attached hydrogens (tertiary/aromatic N) is 1. The van der Waals surface area contributed by atoms with E-state index in [2.05, 4.69) is 5.32 Å². The number of rotatable bonds is 6. The van der Waals surface area contributed by atoms with Gasteiger partial charge in [-0.05, 0) is 12.0 Å². The highest BCUT2D eigenvalue weighted by molar-refractivity contribution is 6.34. The first-order valence-corrected chi connectivity index (χ1v) is 7.39. The zero-order chi connectivity index (χ0) is 19.4. The summed E-state index contributed by atoms with van der Waals surface area (Å²) in [6.45, 7) is 1.55. The maximum absolute atomic E-state index is 12.2. The van der Waals surface area contributed by atoms with Crippen LogP contribution in [0, 0.1) is 16.0 Å². The Kier molecular flexibility index (Phi) is 6.74. The summed E-state index contributed by atoms with van der Waals surface area (Å²) in [5.41, 5.74) is -0.466. The van der Waals surface area contributed by atoms with Crippen molar-refractivity contribution >= 4 is 29.1 Å². The van der Waals surface area contributed by atoms with Crippen molar-refractivity contribution in [3.8, 4) is 0 Å². The van der Waals surface area contributed by atoms with Crippen LogP contribution in [0.4, 0.5) is 18.9 Å². The van der Waals surface area contributed by atoms with Crippen molar-refractivity contribution < 1.29 is 27.7 Å². The highest BCUT2D eigenvalue weighted by Crippen LogP contribution is 2.22. The van der Waals surface area contributed by atoms with Crippen LogP contribution in [0.15, 0.2) is 18.2 Å². The summed E-state index contributed by atoms with van der Waals surface area (Å²) < 4.78 is 36.6. The first kappa shape index (κ1) is 20.7. The van der Waals surface area contributed by atoms with Crippen LogP contribution in [0.5, 0.6) is 0 Å². The molecule has 138 valence electrons. The van der Waals surface area contributed by atoms with Gasteiger partial charge in [-0.15, -0.1) is 0 Å². The number of nitro benzene ring substituents is 1.